The molecule has 0 atom stereocenters. The molecule has 0 amide bonds. The van der Waals surface area contributed by atoms with Gasteiger partial charge in [-0.1, -0.05) is 66.7 Å². The standard InChI is InChI=1S/C20H13NO2/c22-21(23)19-10-4-8-15-7-3-9-18(20(15)19)17-12-11-14-5-1-2-6-16(14)13-17/h1-13H. The lowest BCUT2D eigenvalue weighted by Crippen LogP contribution is -1.91. The molecule has 4 aromatic rings. The van der Waals surface area contributed by atoms with Gasteiger partial charge in [0.25, 0.3) is 5.69 Å². The average molecular weight is 299 g/mol. The predicted octanol–water partition coefficient (Wildman–Crippen LogP) is 5.57. The van der Waals surface area contributed by atoms with Gasteiger partial charge in [-0.3, -0.25) is 10.1 Å². The predicted molar refractivity (Wildman–Crippen MR) is 93.5 cm³/mol. The molecule has 4 rings (SSSR count). The van der Waals surface area contributed by atoms with E-state index >= 15 is 0 Å². The quantitative estimate of drug-likeness (QED) is 0.359. The first-order chi connectivity index (χ1) is 11.2. The van der Waals surface area contributed by atoms with Gasteiger partial charge < -0.3 is 0 Å². The van der Waals surface area contributed by atoms with Crippen molar-refractivity contribution in [1.82, 2.24) is 0 Å². The molecule has 110 valence electrons. The minimum atomic E-state index is -0.313. The lowest BCUT2D eigenvalue weighted by atomic mass is 9.95. The summed E-state index contributed by atoms with van der Waals surface area (Å²) in [7, 11) is 0. The van der Waals surface area contributed by atoms with E-state index in [1.54, 1.807) is 12.1 Å². The van der Waals surface area contributed by atoms with E-state index in [2.05, 4.69) is 24.3 Å². The summed E-state index contributed by atoms with van der Waals surface area (Å²) >= 11 is 0. The van der Waals surface area contributed by atoms with Crippen molar-refractivity contribution in [3.8, 4) is 11.1 Å². The number of benzene rings is 4. The van der Waals surface area contributed by atoms with Crippen molar-refractivity contribution >= 4 is 27.2 Å². The summed E-state index contributed by atoms with van der Waals surface area (Å²) in [4.78, 5) is 11.1. The lowest BCUT2D eigenvalue weighted by Gasteiger charge is -2.09. The first kappa shape index (κ1) is 13.5. The topological polar surface area (TPSA) is 43.1 Å². The monoisotopic (exact) mass is 299 g/mol. The fraction of sp³-hybridized carbons (Fsp3) is 0. The van der Waals surface area contributed by atoms with Crippen molar-refractivity contribution in [3.05, 3.63) is 89.0 Å². The number of nitro benzene ring substituents is 1. The largest absolute Gasteiger partial charge is 0.277 e. The lowest BCUT2D eigenvalue weighted by molar-refractivity contribution is -0.383. The molecule has 0 saturated heterocycles. The SMILES string of the molecule is O=[N+]([O-])c1cccc2cccc(-c3ccc4ccccc4c3)c12. The molecule has 3 heteroatoms. The van der Waals surface area contributed by atoms with Crippen LogP contribution in [-0.4, -0.2) is 4.92 Å². The molecule has 0 fully saturated rings. The Hall–Kier alpha value is -3.20. The van der Waals surface area contributed by atoms with Gasteiger partial charge in [0, 0.05) is 6.07 Å². The number of hydrogen-bond acceptors (Lipinski definition) is 2. The Morgan fingerprint density at radius 2 is 1.39 bits per heavy atom. The molecule has 0 heterocycles. The Balaban J connectivity index is 2.05. The zero-order chi connectivity index (χ0) is 15.8. The van der Waals surface area contributed by atoms with Crippen molar-refractivity contribution in [2.75, 3.05) is 0 Å². The van der Waals surface area contributed by atoms with Gasteiger partial charge in [-0.05, 0) is 33.4 Å². The summed E-state index contributed by atoms with van der Waals surface area (Å²) < 4.78 is 0. The van der Waals surface area contributed by atoms with Crippen molar-refractivity contribution in [1.29, 1.82) is 0 Å². The van der Waals surface area contributed by atoms with E-state index in [-0.39, 0.29) is 10.6 Å². The molecule has 4 aromatic carbocycles. The maximum Gasteiger partial charge on any atom is 0.277 e. The van der Waals surface area contributed by atoms with Crippen LogP contribution in [0.3, 0.4) is 0 Å². The molecule has 0 aromatic heterocycles. The van der Waals surface area contributed by atoms with Crippen LogP contribution in [0.1, 0.15) is 0 Å². The van der Waals surface area contributed by atoms with Crippen LogP contribution >= 0.6 is 0 Å². The Bertz CT molecular complexity index is 1050. The second kappa shape index (κ2) is 5.21. The molecule has 0 unspecified atom stereocenters. The van der Waals surface area contributed by atoms with E-state index in [1.807, 2.05) is 42.5 Å². The summed E-state index contributed by atoms with van der Waals surface area (Å²) in [6.45, 7) is 0. The van der Waals surface area contributed by atoms with Crippen molar-refractivity contribution in [2.24, 2.45) is 0 Å². The smallest absolute Gasteiger partial charge is 0.258 e. The van der Waals surface area contributed by atoms with E-state index in [1.165, 1.54) is 0 Å². The van der Waals surface area contributed by atoms with Crippen LogP contribution in [0.4, 0.5) is 5.69 Å². The van der Waals surface area contributed by atoms with E-state index in [0.29, 0.717) is 5.39 Å². The van der Waals surface area contributed by atoms with Crippen LogP contribution in [0.5, 0.6) is 0 Å². The molecular weight excluding hydrogens is 286 g/mol. The highest BCUT2D eigenvalue weighted by Crippen LogP contribution is 2.36. The zero-order valence-electron chi connectivity index (χ0n) is 12.3. The molecule has 3 nitrogen and oxygen atoms in total. The van der Waals surface area contributed by atoms with Crippen LogP contribution in [0.25, 0.3) is 32.7 Å². The summed E-state index contributed by atoms with van der Waals surface area (Å²) in [5.41, 5.74) is 2.02. The third-order valence-corrected chi connectivity index (χ3v) is 4.14. The number of rotatable bonds is 2. The van der Waals surface area contributed by atoms with E-state index in [9.17, 15) is 10.1 Å². The molecule has 0 spiro atoms. The fourth-order valence-electron chi connectivity index (χ4n) is 3.07. The van der Waals surface area contributed by atoms with Gasteiger partial charge in [-0.15, -0.1) is 0 Å². The Morgan fingerprint density at radius 1 is 0.696 bits per heavy atom. The average Bonchev–Trinajstić information content (AvgIpc) is 2.60. The second-order valence-corrected chi connectivity index (χ2v) is 5.50. The highest BCUT2D eigenvalue weighted by atomic mass is 16.6. The highest BCUT2D eigenvalue weighted by molar-refractivity contribution is 6.04. The van der Waals surface area contributed by atoms with Gasteiger partial charge >= 0.3 is 0 Å². The van der Waals surface area contributed by atoms with Gasteiger partial charge in [0.2, 0.25) is 0 Å². The third-order valence-electron chi connectivity index (χ3n) is 4.14. The molecule has 0 aliphatic heterocycles. The van der Waals surface area contributed by atoms with Crippen molar-refractivity contribution < 1.29 is 4.92 Å². The minimum Gasteiger partial charge on any atom is -0.258 e. The number of non-ortho nitro benzene ring substituents is 1. The summed E-state index contributed by atoms with van der Waals surface area (Å²) in [6.07, 6.45) is 0. The number of nitrogens with zero attached hydrogens (tertiary/aromatic N) is 1. The Morgan fingerprint density at radius 3 is 2.17 bits per heavy atom. The van der Waals surface area contributed by atoms with E-state index in [4.69, 9.17) is 0 Å². The molecule has 0 saturated carbocycles. The molecule has 0 bridgehead atoms. The molecule has 0 aliphatic rings. The summed E-state index contributed by atoms with van der Waals surface area (Å²) in [5, 5.41) is 15.3. The second-order valence-electron chi connectivity index (χ2n) is 5.50. The van der Waals surface area contributed by atoms with Crippen molar-refractivity contribution in [3.63, 3.8) is 0 Å². The maximum atomic E-state index is 11.4. The fourth-order valence-corrected chi connectivity index (χ4v) is 3.07. The molecule has 0 N–H and O–H groups in total. The van der Waals surface area contributed by atoms with Gasteiger partial charge in [0.1, 0.15) is 0 Å². The Kier molecular flexibility index (Phi) is 3.05. The maximum absolute atomic E-state index is 11.4. The van der Waals surface area contributed by atoms with Crippen LogP contribution in [0.15, 0.2) is 78.9 Å². The molecule has 23 heavy (non-hydrogen) atoms. The van der Waals surface area contributed by atoms with E-state index in [0.717, 1.165) is 27.3 Å². The van der Waals surface area contributed by atoms with Gasteiger partial charge in [0.05, 0.1) is 10.3 Å². The molecule has 0 aliphatic carbocycles. The number of hydrogen-bond donors (Lipinski definition) is 0. The Labute approximate surface area is 133 Å². The van der Waals surface area contributed by atoms with Gasteiger partial charge in [-0.2, -0.15) is 0 Å². The third kappa shape index (κ3) is 2.23. The number of fused-ring (bicyclic) bond motifs is 2. The van der Waals surface area contributed by atoms with Crippen LogP contribution in [0, 0.1) is 10.1 Å². The van der Waals surface area contributed by atoms with Crippen molar-refractivity contribution in [2.45, 2.75) is 0 Å². The van der Waals surface area contributed by atoms with Crippen LogP contribution in [-0.2, 0) is 0 Å². The van der Waals surface area contributed by atoms with Crippen LogP contribution in [0.2, 0.25) is 0 Å². The zero-order valence-corrected chi connectivity index (χ0v) is 12.3. The normalized spacial score (nSPS) is 11.0. The van der Waals surface area contributed by atoms with Gasteiger partial charge in [0.15, 0.2) is 0 Å². The summed E-state index contributed by atoms with van der Waals surface area (Å²) in [5.74, 6) is 0. The number of nitro groups is 1. The summed E-state index contributed by atoms with van der Waals surface area (Å²) in [6, 6.07) is 25.3. The van der Waals surface area contributed by atoms with Crippen LogP contribution < -0.4 is 0 Å². The highest BCUT2D eigenvalue weighted by Gasteiger charge is 2.15. The van der Waals surface area contributed by atoms with Gasteiger partial charge in [-0.25, -0.2) is 0 Å². The first-order valence-electron chi connectivity index (χ1n) is 7.39. The molecule has 0 radical (unpaired) electrons. The minimum absolute atomic E-state index is 0.145. The molecular formula is C20H13NO2. The van der Waals surface area contributed by atoms with E-state index < -0.39 is 0 Å². The first-order valence-corrected chi connectivity index (χ1v) is 7.39.